The van der Waals surface area contributed by atoms with Crippen molar-refractivity contribution in [2.75, 3.05) is 7.05 Å². The Morgan fingerprint density at radius 1 is 1.00 bits per heavy atom. The van der Waals surface area contributed by atoms with E-state index in [-0.39, 0.29) is 9.79 Å². The molecule has 0 unspecified atom stereocenters. The lowest BCUT2D eigenvalue weighted by molar-refractivity contribution is 0.483. The molecule has 0 aliphatic heterocycles. The second-order valence-corrected chi connectivity index (χ2v) is 5.96. The average Bonchev–Trinajstić information content (AvgIpc) is 2.17. The van der Waals surface area contributed by atoms with Crippen molar-refractivity contribution in [1.29, 1.82) is 0 Å². The summed E-state index contributed by atoms with van der Waals surface area (Å²) in [5.41, 5.74) is 0. The highest BCUT2D eigenvalue weighted by Crippen LogP contribution is 2.13. The van der Waals surface area contributed by atoms with Crippen LogP contribution in [0.1, 0.15) is 0 Å². The van der Waals surface area contributed by atoms with Crippen molar-refractivity contribution >= 4 is 20.1 Å². The minimum atomic E-state index is -4.29. The van der Waals surface area contributed by atoms with Crippen LogP contribution in [0.3, 0.4) is 0 Å². The van der Waals surface area contributed by atoms with Gasteiger partial charge in [0.25, 0.3) is 10.1 Å². The number of hydrogen-bond donors (Lipinski definition) is 2. The molecule has 8 heteroatoms. The topological polar surface area (TPSA) is 101 Å². The molecular weight excluding hydrogens is 242 g/mol. The van der Waals surface area contributed by atoms with E-state index in [1.807, 2.05) is 0 Å². The Morgan fingerprint density at radius 2 is 1.40 bits per heavy atom. The lowest BCUT2D eigenvalue weighted by atomic mass is 10.4. The molecule has 0 aliphatic rings. The maximum absolute atomic E-state index is 11.2. The summed E-state index contributed by atoms with van der Waals surface area (Å²) in [4.78, 5) is -0.421. The number of sulfonamides is 1. The molecule has 2 N–H and O–H groups in total. The quantitative estimate of drug-likeness (QED) is 0.727. The standard InChI is InChI=1S/C7H9NO5S2/c1-8-14(9,10)6-2-4-7(5-3-6)15(11,12)13/h2-5,8H,1H3,(H,11,12,13). The molecule has 15 heavy (non-hydrogen) atoms. The third-order valence-electron chi connectivity index (χ3n) is 1.70. The fraction of sp³-hybridized carbons (Fsp3) is 0.143. The summed E-state index contributed by atoms with van der Waals surface area (Å²) in [7, 11) is -6.63. The summed E-state index contributed by atoms with van der Waals surface area (Å²) >= 11 is 0. The average molecular weight is 251 g/mol. The highest BCUT2D eigenvalue weighted by atomic mass is 32.2. The highest BCUT2D eigenvalue weighted by Gasteiger charge is 2.14. The normalized spacial score (nSPS) is 12.7. The Bertz CT molecular complexity index is 544. The van der Waals surface area contributed by atoms with E-state index in [0.717, 1.165) is 24.3 Å². The fourth-order valence-electron chi connectivity index (χ4n) is 0.909. The van der Waals surface area contributed by atoms with Crippen LogP contribution in [0.2, 0.25) is 0 Å². The van der Waals surface area contributed by atoms with Crippen LogP contribution in [0.15, 0.2) is 34.1 Å². The van der Waals surface area contributed by atoms with Crippen LogP contribution in [-0.4, -0.2) is 28.4 Å². The zero-order valence-electron chi connectivity index (χ0n) is 7.71. The Labute approximate surface area is 87.7 Å². The molecule has 84 valence electrons. The molecule has 0 bridgehead atoms. The predicted molar refractivity (Wildman–Crippen MR) is 52.5 cm³/mol. The smallest absolute Gasteiger partial charge is 0.282 e. The summed E-state index contributed by atoms with van der Waals surface area (Å²) < 4.78 is 54.5. The van der Waals surface area contributed by atoms with Crippen molar-refractivity contribution < 1.29 is 21.4 Å². The largest absolute Gasteiger partial charge is 0.294 e. The minimum absolute atomic E-state index is 0.0719. The highest BCUT2D eigenvalue weighted by molar-refractivity contribution is 7.89. The fourth-order valence-corrected chi connectivity index (χ4v) is 2.12. The van der Waals surface area contributed by atoms with Gasteiger partial charge in [0.2, 0.25) is 10.0 Å². The lowest BCUT2D eigenvalue weighted by Crippen LogP contribution is -2.18. The summed E-state index contributed by atoms with van der Waals surface area (Å²) in [5.74, 6) is 0. The zero-order chi connectivity index (χ0) is 11.7. The summed E-state index contributed by atoms with van der Waals surface area (Å²) in [6.07, 6.45) is 0. The summed E-state index contributed by atoms with van der Waals surface area (Å²) in [5, 5.41) is 0. The first kappa shape index (κ1) is 12.1. The molecule has 1 rings (SSSR count). The zero-order valence-corrected chi connectivity index (χ0v) is 9.34. The van der Waals surface area contributed by atoms with Crippen molar-refractivity contribution in [2.24, 2.45) is 0 Å². The van der Waals surface area contributed by atoms with Crippen molar-refractivity contribution in [1.82, 2.24) is 4.72 Å². The molecule has 1 aromatic rings. The molecule has 0 aromatic heterocycles. The van der Waals surface area contributed by atoms with Crippen LogP contribution in [0.25, 0.3) is 0 Å². The van der Waals surface area contributed by atoms with Gasteiger partial charge >= 0.3 is 0 Å². The van der Waals surface area contributed by atoms with Crippen molar-refractivity contribution in [2.45, 2.75) is 9.79 Å². The molecule has 0 saturated heterocycles. The SMILES string of the molecule is CNS(=O)(=O)c1ccc(S(=O)(=O)O)cc1. The molecule has 0 heterocycles. The van der Waals surface area contributed by atoms with Gasteiger partial charge in [0.05, 0.1) is 9.79 Å². The Hall–Kier alpha value is -0.960. The molecule has 0 saturated carbocycles. The third-order valence-corrected chi connectivity index (χ3v) is 4.00. The van der Waals surface area contributed by atoms with Gasteiger partial charge in [0.15, 0.2) is 0 Å². The number of hydrogen-bond acceptors (Lipinski definition) is 4. The summed E-state index contributed by atoms with van der Waals surface area (Å²) in [6.45, 7) is 0. The van der Waals surface area contributed by atoms with E-state index in [0.29, 0.717) is 0 Å². The second-order valence-electron chi connectivity index (χ2n) is 2.65. The van der Waals surface area contributed by atoms with Gasteiger partial charge in [-0.15, -0.1) is 0 Å². The molecule has 0 radical (unpaired) electrons. The van der Waals surface area contributed by atoms with E-state index in [2.05, 4.69) is 4.72 Å². The predicted octanol–water partition coefficient (Wildman–Crippen LogP) is -0.159. The first-order valence-electron chi connectivity index (χ1n) is 3.78. The van der Waals surface area contributed by atoms with Crippen LogP contribution < -0.4 is 4.72 Å². The maximum Gasteiger partial charge on any atom is 0.294 e. The first-order chi connectivity index (χ1) is 6.77. The number of nitrogens with one attached hydrogen (secondary N) is 1. The van der Waals surface area contributed by atoms with Crippen LogP contribution in [-0.2, 0) is 20.1 Å². The Balaban J connectivity index is 3.24. The molecule has 0 amide bonds. The molecule has 0 spiro atoms. The minimum Gasteiger partial charge on any atom is -0.282 e. The monoisotopic (exact) mass is 251 g/mol. The van der Waals surface area contributed by atoms with Crippen molar-refractivity contribution in [3.8, 4) is 0 Å². The van der Waals surface area contributed by atoms with E-state index in [1.54, 1.807) is 0 Å². The van der Waals surface area contributed by atoms with E-state index in [1.165, 1.54) is 7.05 Å². The van der Waals surface area contributed by atoms with Gasteiger partial charge in [-0.2, -0.15) is 8.42 Å². The Kier molecular flexibility index (Phi) is 3.14. The number of benzene rings is 1. The van der Waals surface area contributed by atoms with Crippen molar-refractivity contribution in [3.63, 3.8) is 0 Å². The van der Waals surface area contributed by atoms with E-state index in [9.17, 15) is 16.8 Å². The van der Waals surface area contributed by atoms with Gasteiger partial charge in [-0.1, -0.05) is 0 Å². The van der Waals surface area contributed by atoms with E-state index >= 15 is 0 Å². The van der Waals surface area contributed by atoms with E-state index < -0.39 is 20.1 Å². The summed E-state index contributed by atoms with van der Waals surface area (Å²) in [6, 6.07) is 4.21. The van der Waals surface area contributed by atoms with Gasteiger partial charge in [0, 0.05) is 0 Å². The van der Waals surface area contributed by atoms with Gasteiger partial charge in [-0.3, -0.25) is 4.55 Å². The maximum atomic E-state index is 11.2. The second kappa shape index (κ2) is 3.89. The van der Waals surface area contributed by atoms with E-state index in [4.69, 9.17) is 4.55 Å². The van der Waals surface area contributed by atoms with Crippen LogP contribution in [0, 0.1) is 0 Å². The van der Waals surface area contributed by atoms with Gasteiger partial charge in [-0.25, -0.2) is 13.1 Å². The molecular formula is C7H9NO5S2. The molecule has 0 aliphatic carbocycles. The van der Waals surface area contributed by atoms with Crippen molar-refractivity contribution in [3.05, 3.63) is 24.3 Å². The molecule has 0 fully saturated rings. The van der Waals surface area contributed by atoms with Gasteiger partial charge < -0.3 is 0 Å². The van der Waals surface area contributed by atoms with Crippen LogP contribution in [0.4, 0.5) is 0 Å². The molecule has 1 aromatic carbocycles. The number of rotatable bonds is 3. The third kappa shape index (κ3) is 2.75. The first-order valence-corrected chi connectivity index (χ1v) is 6.71. The Morgan fingerprint density at radius 3 is 1.73 bits per heavy atom. The van der Waals surface area contributed by atoms with Gasteiger partial charge in [-0.05, 0) is 31.3 Å². The lowest BCUT2D eigenvalue weighted by Gasteiger charge is -2.02. The van der Waals surface area contributed by atoms with Gasteiger partial charge in [0.1, 0.15) is 0 Å². The van der Waals surface area contributed by atoms with Crippen LogP contribution in [0.5, 0.6) is 0 Å². The van der Waals surface area contributed by atoms with Crippen LogP contribution >= 0.6 is 0 Å². The molecule has 6 nitrogen and oxygen atoms in total. The molecule has 0 atom stereocenters.